The molecule has 10 nitrogen and oxygen atoms in total. The molecule has 38 heavy (non-hydrogen) atoms. The Balaban J connectivity index is 1.11. The minimum absolute atomic E-state index is 0.251. The van der Waals surface area contributed by atoms with Gasteiger partial charge in [-0.25, -0.2) is 15.0 Å². The maximum atomic E-state index is 6.05. The van der Waals surface area contributed by atoms with Gasteiger partial charge in [0.05, 0.1) is 43.0 Å². The van der Waals surface area contributed by atoms with Gasteiger partial charge in [-0.05, 0) is 24.2 Å². The van der Waals surface area contributed by atoms with Gasteiger partial charge in [0.1, 0.15) is 30.1 Å². The molecule has 0 amide bonds. The fourth-order valence-electron chi connectivity index (χ4n) is 4.52. The molecule has 1 aliphatic heterocycles. The SMILES string of the molecule is CN1CCOC[C@@H]1COc1ccn2c(-c3cc(NCc4ccc(-c5cnn(C)c5)cc4)ncn3)cnc2c1. The molecule has 0 saturated carbocycles. The molecule has 1 aliphatic rings. The molecule has 5 aromatic rings. The highest BCUT2D eigenvalue weighted by Gasteiger charge is 2.20. The van der Waals surface area contributed by atoms with Gasteiger partial charge in [-0.2, -0.15) is 5.10 Å². The van der Waals surface area contributed by atoms with Crippen LogP contribution in [0.2, 0.25) is 0 Å². The Kier molecular flexibility index (Phi) is 6.72. The van der Waals surface area contributed by atoms with Gasteiger partial charge in [0.25, 0.3) is 0 Å². The van der Waals surface area contributed by atoms with Crippen LogP contribution in [-0.4, -0.2) is 73.5 Å². The molecule has 0 spiro atoms. The van der Waals surface area contributed by atoms with E-state index in [2.05, 4.69) is 61.6 Å². The first-order valence-corrected chi connectivity index (χ1v) is 12.6. The standard InChI is InChI=1S/C28H30N8O2/c1-34-9-10-37-17-23(34)18-38-24-7-8-36-26(15-30-28(36)11-24)25-12-27(32-19-31-25)29-13-20-3-5-21(6-4-20)22-14-33-35(2)16-22/h3-8,11-12,14-16,19,23H,9-10,13,17-18H2,1-2H3,(H,29,31,32)/t23-/m1/s1. The van der Waals surface area contributed by atoms with Crippen LogP contribution in [0.25, 0.3) is 28.2 Å². The first-order valence-electron chi connectivity index (χ1n) is 12.6. The molecule has 6 rings (SSSR count). The highest BCUT2D eigenvalue weighted by Crippen LogP contribution is 2.24. The molecule has 0 radical (unpaired) electrons. The van der Waals surface area contributed by atoms with Crippen LogP contribution in [0, 0.1) is 0 Å². The summed E-state index contributed by atoms with van der Waals surface area (Å²) >= 11 is 0. The average molecular weight is 511 g/mol. The number of rotatable bonds is 8. The normalized spacial score (nSPS) is 16.1. The Labute approximate surface area is 220 Å². The van der Waals surface area contributed by atoms with Gasteiger partial charge < -0.3 is 14.8 Å². The lowest BCUT2D eigenvalue weighted by Gasteiger charge is -2.32. The summed E-state index contributed by atoms with van der Waals surface area (Å²) in [6.45, 7) is 3.61. The molecule has 1 atom stereocenters. The van der Waals surface area contributed by atoms with Gasteiger partial charge in [0.2, 0.25) is 0 Å². The minimum atomic E-state index is 0.251. The van der Waals surface area contributed by atoms with Crippen LogP contribution in [-0.2, 0) is 18.3 Å². The second kappa shape index (κ2) is 10.6. The number of nitrogens with one attached hydrogen (secondary N) is 1. The number of nitrogens with zero attached hydrogens (tertiary/aromatic N) is 7. The fraction of sp³-hybridized carbons (Fsp3) is 0.286. The van der Waals surface area contributed by atoms with Gasteiger partial charge in [0, 0.05) is 50.2 Å². The Hall–Kier alpha value is -4.28. The van der Waals surface area contributed by atoms with E-state index in [0.717, 1.165) is 58.4 Å². The third kappa shape index (κ3) is 5.22. The van der Waals surface area contributed by atoms with E-state index in [-0.39, 0.29) is 6.04 Å². The molecule has 1 aromatic carbocycles. The van der Waals surface area contributed by atoms with E-state index in [1.54, 1.807) is 11.0 Å². The predicted octanol–water partition coefficient (Wildman–Crippen LogP) is 3.51. The molecule has 0 aliphatic carbocycles. The topological polar surface area (TPSA) is 94.6 Å². The van der Waals surface area contributed by atoms with Crippen LogP contribution in [0.4, 0.5) is 5.82 Å². The number of hydrogen-bond acceptors (Lipinski definition) is 8. The third-order valence-corrected chi connectivity index (χ3v) is 6.84. The maximum Gasteiger partial charge on any atom is 0.140 e. The lowest BCUT2D eigenvalue weighted by Crippen LogP contribution is -2.46. The van der Waals surface area contributed by atoms with E-state index < -0.39 is 0 Å². The Morgan fingerprint density at radius 3 is 2.74 bits per heavy atom. The number of aromatic nitrogens is 6. The zero-order chi connectivity index (χ0) is 25.9. The molecular formula is C28H30N8O2. The summed E-state index contributed by atoms with van der Waals surface area (Å²) in [5, 5.41) is 7.65. The second-order valence-corrected chi connectivity index (χ2v) is 9.50. The van der Waals surface area contributed by atoms with Crippen LogP contribution < -0.4 is 10.1 Å². The van der Waals surface area contributed by atoms with Gasteiger partial charge in [-0.3, -0.25) is 14.0 Å². The first kappa shape index (κ1) is 24.1. The minimum Gasteiger partial charge on any atom is -0.492 e. The Morgan fingerprint density at radius 1 is 1.03 bits per heavy atom. The van der Waals surface area contributed by atoms with Crippen molar-refractivity contribution in [1.29, 1.82) is 0 Å². The summed E-state index contributed by atoms with van der Waals surface area (Å²) in [6, 6.07) is 14.5. The van der Waals surface area contributed by atoms with Crippen LogP contribution in [0.3, 0.4) is 0 Å². The number of morpholine rings is 1. The van der Waals surface area contributed by atoms with Crippen LogP contribution in [0.5, 0.6) is 5.75 Å². The van der Waals surface area contributed by atoms with E-state index in [4.69, 9.17) is 9.47 Å². The molecule has 0 bridgehead atoms. The van der Waals surface area contributed by atoms with Crippen LogP contribution >= 0.6 is 0 Å². The summed E-state index contributed by atoms with van der Waals surface area (Å²) in [4.78, 5) is 15.8. The summed E-state index contributed by atoms with van der Waals surface area (Å²) < 4.78 is 15.4. The lowest BCUT2D eigenvalue weighted by atomic mass is 10.1. The van der Waals surface area contributed by atoms with Gasteiger partial charge in [0.15, 0.2) is 0 Å². The fourth-order valence-corrected chi connectivity index (χ4v) is 4.52. The lowest BCUT2D eigenvalue weighted by molar-refractivity contribution is -0.0108. The molecule has 1 fully saturated rings. The van der Waals surface area contributed by atoms with E-state index in [1.165, 1.54) is 0 Å². The van der Waals surface area contributed by atoms with Crippen molar-refractivity contribution in [2.45, 2.75) is 12.6 Å². The summed E-state index contributed by atoms with van der Waals surface area (Å²) in [7, 11) is 4.02. The maximum absolute atomic E-state index is 6.05. The largest absolute Gasteiger partial charge is 0.492 e. The molecule has 5 heterocycles. The van der Waals surface area contributed by atoms with Crippen molar-refractivity contribution in [2.75, 3.05) is 38.7 Å². The van der Waals surface area contributed by atoms with Crippen molar-refractivity contribution < 1.29 is 9.47 Å². The summed E-state index contributed by atoms with van der Waals surface area (Å²) in [5.74, 6) is 1.54. The zero-order valence-corrected chi connectivity index (χ0v) is 21.5. The number of anilines is 1. The zero-order valence-electron chi connectivity index (χ0n) is 21.5. The van der Waals surface area contributed by atoms with Gasteiger partial charge >= 0.3 is 0 Å². The molecular weight excluding hydrogens is 480 g/mol. The van der Waals surface area contributed by atoms with Gasteiger partial charge in [-0.15, -0.1) is 0 Å². The van der Waals surface area contributed by atoms with Crippen molar-refractivity contribution in [1.82, 2.24) is 34.0 Å². The highest BCUT2D eigenvalue weighted by atomic mass is 16.5. The van der Waals surface area contributed by atoms with Gasteiger partial charge in [-0.1, -0.05) is 24.3 Å². The number of hydrogen-bond donors (Lipinski definition) is 1. The highest BCUT2D eigenvalue weighted by molar-refractivity contribution is 5.64. The number of imidazole rings is 1. The monoisotopic (exact) mass is 510 g/mol. The van der Waals surface area contributed by atoms with Crippen molar-refractivity contribution in [3.8, 4) is 28.3 Å². The number of benzene rings is 1. The number of ether oxygens (including phenoxy) is 2. The molecule has 4 aromatic heterocycles. The molecule has 10 heteroatoms. The van der Waals surface area contributed by atoms with E-state index in [0.29, 0.717) is 19.8 Å². The second-order valence-electron chi connectivity index (χ2n) is 9.50. The smallest absolute Gasteiger partial charge is 0.140 e. The number of likely N-dealkylation sites (N-methyl/N-ethyl adjacent to an activating group) is 1. The van der Waals surface area contributed by atoms with Crippen LogP contribution in [0.1, 0.15) is 5.56 Å². The van der Waals surface area contributed by atoms with Crippen molar-refractivity contribution in [3.05, 3.63) is 79.1 Å². The summed E-state index contributed by atoms with van der Waals surface area (Å²) in [5.41, 5.74) is 5.88. The predicted molar refractivity (Wildman–Crippen MR) is 145 cm³/mol. The molecule has 0 unspecified atom stereocenters. The Morgan fingerprint density at radius 2 is 1.92 bits per heavy atom. The first-order chi connectivity index (χ1) is 18.6. The molecule has 194 valence electrons. The Bertz CT molecular complexity index is 1530. The molecule has 1 saturated heterocycles. The molecule has 1 N–H and O–H groups in total. The van der Waals surface area contributed by atoms with E-state index in [9.17, 15) is 0 Å². The summed E-state index contributed by atoms with van der Waals surface area (Å²) in [6.07, 6.45) is 9.24. The number of fused-ring (bicyclic) bond motifs is 1. The van der Waals surface area contributed by atoms with E-state index in [1.807, 2.05) is 54.4 Å². The number of pyridine rings is 1. The van der Waals surface area contributed by atoms with Crippen molar-refractivity contribution >= 4 is 11.5 Å². The average Bonchev–Trinajstić information content (AvgIpc) is 3.58. The van der Waals surface area contributed by atoms with Crippen LogP contribution in [0.15, 0.2) is 73.6 Å². The van der Waals surface area contributed by atoms with Crippen molar-refractivity contribution in [3.63, 3.8) is 0 Å². The quantitative estimate of drug-likeness (QED) is 0.339. The van der Waals surface area contributed by atoms with E-state index >= 15 is 0 Å². The third-order valence-electron chi connectivity index (χ3n) is 6.84. The number of aryl methyl sites for hydroxylation is 1. The van der Waals surface area contributed by atoms with Crippen molar-refractivity contribution in [2.24, 2.45) is 7.05 Å².